The normalized spacial score (nSPS) is 19.2. The molecule has 1 aromatic rings. The molecule has 0 fully saturated rings. The highest BCUT2D eigenvalue weighted by Crippen LogP contribution is 2.41. The molecule has 0 N–H and O–H groups in total. The van der Waals surface area contributed by atoms with E-state index in [1.54, 1.807) is 0 Å². The van der Waals surface area contributed by atoms with Gasteiger partial charge in [-0.3, -0.25) is 0 Å². The summed E-state index contributed by atoms with van der Waals surface area (Å²) in [5.41, 5.74) is 2.66. The van der Waals surface area contributed by atoms with E-state index in [0.29, 0.717) is 0 Å². The second-order valence-electron chi connectivity index (χ2n) is 3.88. The molecule has 1 aliphatic rings. The molecular weight excluding hydrogens is 168 g/mol. The fourth-order valence-electron chi connectivity index (χ4n) is 1.40. The van der Waals surface area contributed by atoms with Gasteiger partial charge in [-0.05, 0) is 18.6 Å². The van der Waals surface area contributed by atoms with Crippen LogP contribution in [0.1, 0.15) is 25.1 Å². The average molecular weight is 180 g/mol. The van der Waals surface area contributed by atoms with E-state index in [4.69, 9.17) is 0 Å². The smallest absolute Gasteiger partial charge is 0.123 e. The van der Waals surface area contributed by atoms with E-state index in [9.17, 15) is 0 Å². The molecule has 12 heavy (non-hydrogen) atoms. The Morgan fingerprint density at radius 1 is 1.42 bits per heavy atom. The number of hydrogen-bond acceptors (Lipinski definition) is 3. The number of rotatable bonds is 0. The van der Waals surface area contributed by atoms with Crippen molar-refractivity contribution in [3.05, 3.63) is 17.3 Å². The van der Waals surface area contributed by atoms with Crippen LogP contribution in [0.15, 0.2) is 11.1 Å². The molecule has 2 rings (SSSR count). The lowest BCUT2D eigenvalue weighted by Gasteiger charge is -2.16. The van der Waals surface area contributed by atoms with Gasteiger partial charge in [0.1, 0.15) is 5.03 Å². The van der Waals surface area contributed by atoms with Gasteiger partial charge in [0.2, 0.25) is 0 Å². The molecule has 2 heterocycles. The Morgan fingerprint density at radius 2 is 2.17 bits per heavy atom. The first-order valence-corrected chi connectivity index (χ1v) is 5.06. The minimum atomic E-state index is 0.278. The largest absolute Gasteiger partial charge is 0.155 e. The molecule has 0 bridgehead atoms. The van der Waals surface area contributed by atoms with Crippen LogP contribution in [0.4, 0.5) is 0 Å². The summed E-state index contributed by atoms with van der Waals surface area (Å²) in [6.45, 7) is 6.51. The summed E-state index contributed by atoms with van der Waals surface area (Å²) in [5, 5.41) is 9.33. The molecule has 1 aliphatic heterocycles. The number of nitrogens with zero attached hydrogens (tertiary/aromatic N) is 2. The van der Waals surface area contributed by atoms with Crippen molar-refractivity contribution in [2.24, 2.45) is 0 Å². The fraction of sp³-hybridized carbons (Fsp3) is 0.556. The first-order chi connectivity index (χ1) is 5.59. The summed E-state index contributed by atoms with van der Waals surface area (Å²) in [5.74, 6) is 1.13. The Hall–Kier alpha value is -0.570. The molecule has 0 amide bonds. The van der Waals surface area contributed by atoms with Gasteiger partial charge in [0, 0.05) is 11.2 Å². The van der Waals surface area contributed by atoms with E-state index in [2.05, 4.69) is 30.1 Å². The van der Waals surface area contributed by atoms with Gasteiger partial charge < -0.3 is 0 Å². The summed E-state index contributed by atoms with van der Waals surface area (Å²) >= 11 is 1.81. The molecule has 2 nitrogen and oxygen atoms in total. The van der Waals surface area contributed by atoms with E-state index >= 15 is 0 Å². The zero-order valence-corrected chi connectivity index (χ0v) is 8.40. The van der Waals surface area contributed by atoms with Crippen LogP contribution >= 0.6 is 11.8 Å². The van der Waals surface area contributed by atoms with Crippen LogP contribution in [0, 0.1) is 6.92 Å². The molecule has 0 aromatic carbocycles. The number of hydrogen-bond donors (Lipinski definition) is 0. The van der Waals surface area contributed by atoms with Crippen LogP contribution in [0.3, 0.4) is 0 Å². The number of thioether (sulfide) groups is 1. The topological polar surface area (TPSA) is 25.8 Å². The van der Waals surface area contributed by atoms with E-state index < -0.39 is 0 Å². The minimum Gasteiger partial charge on any atom is -0.155 e. The van der Waals surface area contributed by atoms with E-state index in [0.717, 1.165) is 16.5 Å². The van der Waals surface area contributed by atoms with Gasteiger partial charge >= 0.3 is 0 Å². The summed E-state index contributed by atoms with van der Waals surface area (Å²) in [7, 11) is 0. The lowest BCUT2D eigenvalue weighted by atomic mass is 9.88. The monoisotopic (exact) mass is 180 g/mol. The first kappa shape index (κ1) is 8.05. The van der Waals surface area contributed by atoms with Gasteiger partial charge in [-0.1, -0.05) is 13.8 Å². The Balaban J connectivity index is 2.57. The lowest BCUT2D eigenvalue weighted by molar-refractivity contribution is 0.593. The summed E-state index contributed by atoms with van der Waals surface area (Å²) in [6, 6.07) is 2.16. The second kappa shape index (κ2) is 2.46. The van der Waals surface area contributed by atoms with Crippen molar-refractivity contribution in [2.45, 2.75) is 31.2 Å². The SMILES string of the molecule is Cc1cc2c(nn1)SCC2(C)C. The van der Waals surface area contributed by atoms with Gasteiger partial charge in [-0.25, -0.2) is 0 Å². The Bertz CT molecular complexity index is 320. The van der Waals surface area contributed by atoms with Gasteiger partial charge in [-0.2, -0.15) is 5.10 Å². The zero-order chi connectivity index (χ0) is 8.77. The maximum absolute atomic E-state index is 4.17. The molecule has 0 aliphatic carbocycles. The molecule has 0 radical (unpaired) electrons. The van der Waals surface area contributed by atoms with E-state index in [1.807, 2.05) is 18.7 Å². The number of aryl methyl sites for hydroxylation is 1. The van der Waals surface area contributed by atoms with Gasteiger partial charge in [0.15, 0.2) is 0 Å². The molecule has 0 atom stereocenters. The maximum Gasteiger partial charge on any atom is 0.123 e. The van der Waals surface area contributed by atoms with Crippen LogP contribution in [-0.2, 0) is 5.41 Å². The third kappa shape index (κ3) is 1.12. The lowest BCUT2D eigenvalue weighted by Crippen LogP contribution is -2.16. The average Bonchev–Trinajstić information content (AvgIpc) is 2.28. The third-order valence-electron chi connectivity index (χ3n) is 2.18. The van der Waals surface area contributed by atoms with Crippen molar-refractivity contribution in [2.75, 3.05) is 5.75 Å². The van der Waals surface area contributed by atoms with Crippen LogP contribution < -0.4 is 0 Å². The van der Waals surface area contributed by atoms with Gasteiger partial charge in [-0.15, -0.1) is 16.9 Å². The molecule has 3 heteroatoms. The van der Waals surface area contributed by atoms with E-state index in [1.165, 1.54) is 5.56 Å². The molecule has 0 spiro atoms. The van der Waals surface area contributed by atoms with Gasteiger partial charge in [0.05, 0.1) is 5.69 Å². The zero-order valence-electron chi connectivity index (χ0n) is 7.59. The van der Waals surface area contributed by atoms with Crippen molar-refractivity contribution in [3.63, 3.8) is 0 Å². The van der Waals surface area contributed by atoms with Crippen molar-refractivity contribution >= 4 is 11.8 Å². The highest BCUT2D eigenvalue weighted by Gasteiger charge is 2.31. The molecule has 64 valence electrons. The standard InChI is InChI=1S/C9H12N2S/c1-6-4-7-8(11-10-6)12-5-9(7,2)3/h4H,5H2,1-3H3. The Labute approximate surface area is 76.8 Å². The number of aromatic nitrogens is 2. The van der Waals surface area contributed by atoms with Crippen LogP contribution in [0.25, 0.3) is 0 Å². The molecule has 1 aromatic heterocycles. The van der Waals surface area contributed by atoms with Crippen LogP contribution in [-0.4, -0.2) is 16.0 Å². The molecular formula is C9H12N2S. The fourth-order valence-corrected chi connectivity index (χ4v) is 2.64. The van der Waals surface area contributed by atoms with Gasteiger partial charge in [0.25, 0.3) is 0 Å². The molecule has 0 saturated carbocycles. The Kier molecular flexibility index (Phi) is 1.65. The predicted molar refractivity (Wildman–Crippen MR) is 50.5 cm³/mol. The quantitative estimate of drug-likeness (QED) is 0.612. The summed E-state index contributed by atoms with van der Waals surface area (Å²) < 4.78 is 0. The third-order valence-corrected chi connectivity index (χ3v) is 3.62. The molecule has 0 saturated heterocycles. The van der Waals surface area contributed by atoms with Crippen molar-refractivity contribution in [1.29, 1.82) is 0 Å². The predicted octanol–water partition coefficient (Wildman–Crippen LogP) is 2.17. The minimum absolute atomic E-state index is 0.278. The summed E-state index contributed by atoms with van der Waals surface area (Å²) in [6.07, 6.45) is 0. The van der Waals surface area contributed by atoms with Crippen molar-refractivity contribution < 1.29 is 0 Å². The maximum atomic E-state index is 4.17. The molecule has 0 unspecified atom stereocenters. The Morgan fingerprint density at radius 3 is 2.92 bits per heavy atom. The number of fused-ring (bicyclic) bond motifs is 1. The van der Waals surface area contributed by atoms with E-state index in [-0.39, 0.29) is 5.41 Å². The van der Waals surface area contributed by atoms with Crippen LogP contribution in [0.5, 0.6) is 0 Å². The summed E-state index contributed by atoms with van der Waals surface area (Å²) in [4.78, 5) is 0. The van der Waals surface area contributed by atoms with Crippen molar-refractivity contribution in [3.8, 4) is 0 Å². The van der Waals surface area contributed by atoms with Crippen molar-refractivity contribution in [1.82, 2.24) is 10.2 Å². The second-order valence-corrected chi connectivity index (χ2v) is 4.84. The first-order valence-electron chi connectivity index (χ1n) is 4.07. The highest BCUT2D eigenvalue weighted by molar-refractivity contribution is 7.99. The van der Waals surface area contributed by atoms with Crippen LogP contribution in [0.2, 0.25) is 0 Å². The highest BCUT2D eigenvalue weighted by atomic mass is 32.2.